The third-order valence-electron chi connectivity index (χ3n) is 3.42. The standard InChI is InChI=1S/C12H13F2N3O3/c1-12(15,6-2-3-6)11(18)16-10-8(17(19)20)5-4-7(13)9(10)14/h4-6H,2-3,15H2,1H3,(H,16,18). The van der Waals surface area contributed by atoms with Crippen molar-refractivity contribution in [2.75, 3.05) is 5.32 Å². The summed E-state index contributed by atoms with van der Waals surface area (Å²) in [6, 6.07) is 1.42. The Morgan fingerprint density at radius 2 is 2.10 bits per heavy atom. The summed E-state index contributed by atoms with van der Waals surface area (Å²) in [6.45, 7) is 1.46. The molecule has 1 aromatic carbocycles. The molecule has 6 nitrogen and oxygen atoms in total. The molecule has 1 amide bonds. The molecular weight excluding hydrogens is 272 g/mol. The second-order valence-electron chi connectivity index (χ2n) is 5.02. The van der Waals surface area contributed by atoms with Crippen LogP contribution >= 0.6 is 0 Å². The van der Waals surface area contributed by atoms with Crippen molar-refractivity contribution in [2.24, 2.45) is 11.7 Å². The lowest BCUT2D eigenvalue weighted by atomic mass is 9.96. The second kappa shape index (κ2) is 4.78. The molecule has 1 aliphatic carbocycles. The van der Waals surface area contributed by atoms with Gasteiger partial charge in [-0.15, -0.1) is 0 Å². The van der Waals surface area contributed by atoms with Crippen LogP contribution in [0.3, 0.4) is 0 Å². The lowest BCUT2D eigenvalue weighted by Gasteiger charge is -2.23. The highest BCUT2D eigenvalue weighted by molar-refractivity contribution is 5.99. The van der Waals surface area contributed by atoms with Crippen LogP contribution in [0.5, 0.6) is 0 Å². The van der Waals surface area contributed by atoms with Crippen LogP contribution in [0.2, 0.25) is 0 Å². The molecule has 1 fully saturated rings. The van der Waals surface area contributed by atoms with Crippen LogP contribution in [0, 0.1) is 27.7 Å². The lowest BCUT2D eigenvalue weighted by Crippen LogP contribution is -2.50. The third kappa shape index (κ3) is 2.46. The summed E-state index contributed by atoms with van der Waals surface area (Å²) in [5.41, 5.74) is 3.05. The number of nitrogens with one attached hydrogen (secondary N) is 1. The summed E-state index contributed by atoms with van der Waals surface area (Å²) in [7, 11) is 0. The molecule has 2 rings (SSSR count). The van der Waals surface area contributed by atoms with Gasteiger partial charge < -0.3 is 11.1 Å². The van der Waals surface area contributed by atoms with E-state index < -0.39 is 39.4 Å². The average Bonchev–Trinajstić information content (AvgIpc) is 3.18. The third-order valence-corrected chi connectivity index (χ3v) is 3.42. The Balaban J connectivity index is 2.35. The van der Waals surface area contributed by atoms with E-state index in [0.717, 1.165) is 18.9 Å². The molecule has 0 radical (unpaired) electrons. The first-order valence-electron chi connectivity index (χ1n) is 5.98. The van der Waals surface area contributed by atoms with Crippen molar-refractivity contribution in [1.29, 1.82) is 0 Å². The molecule has 0 heterocycles. The molecule has 1 unspecified atom stereocenters. The number of nitro benzene ring substituents is 1. The first kappa shape index (κ1) is 14.3. The molecule has 1 atom stereocenters. The Morgan fingerprint density at radius 1 is 1.50 bits per heavy atom. The van der Waals surface area contributed by atoms with E-state index in [4.69, 9.17) is 5.73 Å². The van der Waals surface area contributed by atoms with Gasteiger partial charge >= 0.3 is 0 Å². The van der Waals surface area contributed by atoms with Gasteiger partial charge in [0.05, 0.1) is 10.5 Å². The van der Waals surface area contributed by atoms with E-state index in [2.05, 4.69) is 0 Å². The van der Waals surface area contributed by atoms with Crippen molar-refractivity contribution in [3.8, 4) is 0 Å². The highest BCUT2D eigenvalue weighted by Crippen LogP contribution is 2.39. The minimum absolute atomic E-state index is 0.0572. The van der Waals surface area contributed by atoms with Gasteiger partial charge in [-0.25, -0.2) is 8.78 Å². The van der Waals surface area contributed by atoms with E-state index in [1.807, 2.05) is 5.32 Å². The fourth-order valence-electron chi connectivity index (χ4n) is 1.93. The maximum atomic E-state index is 13.7. The number of hydrogen-bond donors (Lipinski definition) is 2. The maximum absolute atomic E-state index is 13.7. The van der Waals surface area contributed by atoms with E-state index in [-0.39, 0.29) is 5.92 Å². The maximum Gasteiger partial charge on any atom is 0.296 e. The predicted molar refractivity (Wildman–Crippen MR) is 67.0 cm³/mol. The van der Waals surface area contributed by atoms with Gasteiger partial charge in [-0.05, 0) is 31.7 Å². The number of halogens is 2. The molecule has 8 heteroatoms. The average molecular weight is 285 g/mol. The highest BCUT2D eigenvalue weighted by Gasteiger charge is 2.44. The van der Waals surface area contributed by atoms with Gasteiger partial charge in [0.2, 0.25) is 5.91 Å². The number of nitrogens with two attached hydrogens (primary N) is 1. The smallest absolute Gasteiger partial charge is 0.296 e. The number of carbonyl (C=O) groups is 1. The van der Waals surface area contributed by atoms with Gasteiger partial charge in [0.1, 0.15) is 0 Å². The molecule has 1 saturated carbocycles. The van der Waals surface area contributed by atoms with Gasteiger partial charge in [0.25, 0.3) is 5.69 Å². The topological polar surface area (TPSA) is 98.3 Å². The summed E-state index contributed by atoms with van der Waals surface area (Å²) in [6.07, 6.45) is 1.52. The number of nitro groups is 1. The largest absolute Gasteiger partial charge is 0.317 e. The van der Waals surface area contributed by atoms with Crippen molar-refractivity contribution >= 4 is 17.3 Å². The summed E-state index contributed by atoms with van der Waals surface area (Å²) in [5, 5.41) is 12.8. The van der Waals surface area contributed by atoms with Crippen molar-refractivity contribution in [2.45, 2.75) is 25.3 Å². The van der Waals surface area contributed by atoms with E-state index >= 15 is 0 Å². The zero-order valence-corrected chi connectivity index (χ0v) is 10.7. The van der Waals surface area contributed by atoms with Crippen LogP contribution in [0.4, 0.5) is 20.2 Å². The molecule has 0 aromatic heterocycles. The van der Waals surface area contributed by atoms with Crippen molar-refractivity contribution in [3.63, 3.8) is 0 Å². The van der Waals surface area contributed by atoms with Crippen LogP contribution in [-0.4, -0.2) is 16.4 Å². The van der Waals surface area contributed by atoms with Crippen LogP contribution in [0.25, 0.3) is 0 Å². The second-order valence-corrected chi connectivity index (χ2v) is 5.02. The molecule has 0 aliphatic heterocycles. The van der Waals surface area contributed by atoms with E-state index in [1.165, 1.54) is 6.92 Å². The SMILES string of the molecule is CC(N)(C(=O)Nc1c([N+](=O)[O-])ccc(F)c1F)C1CC1. The van der Waals surface area contributed by atoms with E-state index in [1.54, 1.807) is 0 Å². The Bertz CT molecular complexity index is 586. The molecule has 0 bridgehead atoms. The van der Waals surface area contributed by atoms with Crippen molar-refractivity contribution < 1.29 is 18.5 Å². The minimum atomic E-state index is -1.47. The lowest BCUT2D eigenvalue weighted by molar-refractivity contribution is -0.384. The number of carbonyl (C=O) groups excluding carboxylic acids is 1. The van der Waals surface area contributed by atoms with Gasteiger partial charge in [-0.1, -0.05) is 0 Å². The first-order chi connectivity index (χ1) is 9.25. The number of hydrogen-bond acceptors (Lipinski definition) is 4. The van der Waals surface area contributed by atoms with Crippen molar-refractivity contribution in [1.82, 2.24) is 0 Å². The van der Waals surface area contributed by atoms with Gasteiger partial charge in [0, 0.05) is 6.07 Å². The summed E-state index contributed by atoms with van der Waals surface area (Å²) < 4.78 is 26.8. The fourth-order valence-corrected chi connectivity index (χ4v) is 1.93. The van der Waals surface area contributed by atoms with Crippen LogP contribution < -0.4 is 11.1 Å². The van der Waals surface area contributed by atoms with E-state index in [0.29, 0.717) is 6.07 Å². The summed E-state index contributed by atoms with van der Waals surface area (Å²) >= 11 is 0. The number of amides is 1. The zero-order chi connectivity index (χ0) is 15.1. The number of anilines is 1. The number of rotatable bonds is 4. The van der Waals surface area contributed by atoms with Crippen LogP contribution in [0.15, 0.2) is 12.1 Å². The Morgan fingerprint density at radius 3 is 2.60 bits per heavy atom. The van der Waals surface area contributed by atoms with Gasteiger partial charge in [-0.2, -0.15) is 0 Å². The molecular formula is C12H13F2N3O3. The van der Waals surface area contributed by atoms with Gasteiger partial charge in [-0.3, -0.25) is 14.9 Å². The molecule has 1 aliphatic rings. The van der Waals surface area contributed by atoms with E-state index in [9.17, 15) is 23.7 Å². The monoisotopic (exact) mass is 285 g/mol. The number of nitrogens with zero attached hydrogens (tertiary/aromatic N) is 1. The predicted octanol–water partition coefficient (Wildman–Crippen LogP) is 1.94. The minimum Gasteiger partial charge on any atom is -0.317 e. The molecule has 108 valence electrons. The molecule has 0 spiro atoms. The Hall–Kier alpha value is -2.09. The molecule has 0 saturated heterocycles. The summed E-state index contributed by atoms with van der Waals surface area (Å²) in [5.74, 6) is -3.58. The highest BCUT2D eigenvalue weighted by atomic mass is 19.2. The van der Waals surface area contributed by atoms with Crippen molar-refractivity contribution in [3.05, 3.63) is 33.9 Å². The normalized spacial score (nSPS) is 17.4. The van der Waals surface area contributed by atoms with Crippen LogP contribution in [-0.2, 0) is 4.79 Å². The fraction of sp³-hybridized carbons (Fsp3) is 0.417. The Labute approximate surface area is 113 Å². The number of benzene rings is 1. The first-order valence-corrected chi connectivity index (χ1v) is 5.98. The molecule has 20 heavy (non-hydrogen) atoms. The van der Waals surface area contributed by atoms with Crippen LogP contribution in [0.1, 0.15) is 19.8 Å². The summed E-state index contributed by atoms with van der Waals surface area (Å²) in [4.78, 5) is 21.9. The van der Waals surface area contributed by atoms with Gasteiger partial charge in [0.15, 0.2) is 17.3 Å². The quantitative estimate of drug-likeness (QED) is 0.652. The Kier molecular flexibility index (Phi) is 3.43. The zero-order valence-electron chi connectivity index (χ0n) is 10.7. The molecule has 3 N–H and O–H groups in total. The molecule has 1 aromatic rings.